The average Bonchev–Trinajstić information content (AvgIpc) is 2.79. The largest absolute Gasteiger partial charge is 0.454 e. The third-order valence-electron chi connectivity index (χ3n) is 6.62. The van der Waals surface area contributed by atoms with Crippen LogP contribution in [0, 0.1) is 17.8 Å². The Balaban J connectivity index is 2.17. The zero-order valence-corrected chi connectivity index (χ0v) is 21.4. The van der Waals surface area contributed by atoms with Crippen LogP contribution in [0.3, 0.4) is 0 Å². The summed E-state index contributed by atoms with van der Waals surface area (Å²) >= 11 is 0. The first-order valence-electron chi connectivity index (χ1n) is 12.4. The van der Waals surface area contributed by atoms with Gasteiger partial charge in [0.2, 0.25) is 11.8 Å². The van der Waals surface area contributed by atoms with Gasteiger partial charge in [-0.2, -0.15) is 0 Å². The van der Waals surface area contributed by atoms with Crippen LogP contribution in [-0.2, 0) is 28.7 Å². The van der Waals surface area contributed by atoms with E-state index < -0.39 is 54.1 Å². The van der Waals surface area contributed by atoms with E-state index in [0.717, 1.165) is 0 Å². The maximum Gasteiger partial charge on any atom is 0.331 e. The number of rotatable bonds is 7. The van der Waals surface area contributed by atoms with E-state index in [9.17, 15) is 24.3 Å². The molecule has 1 fully saturated rings. The number of ketones is 1. The van der Waals surface area contributed by atoms with Crippen LogP contribution in [0.2, 0.25) is 0 Å². The summed E-state index contributed by atoms with van der Waals surface area (Å²) in [6.07, 6.45) is 5.31. The first kappa shape index (κ1) is 29.6. The molecule has 2 aliphatic rings. The van der Waals surface area contributed by atoms with E-state index in [0.29, 0.717) is 18.4 Å². The molecule has 0 aromatic rings. The number of allylic oxidation sites excluding steroid dienone is 3. The van der Waals surface area contributed by atoms with Gasteiger partial charge in [0, 0.05) is 38.4 Å². The van der Waals surface area contributed by atoms with Crippen molar-refractivity contribution in [3.05, 3.63) is 36.0 Å². The molecule has 6 atom stereocenters. The van der Waals surface area contributed by atoms with Crippen LogP contribution < -0.4 is 5.32 Å². The topological polar surface area (TPSA) is 119 Å². The molecule has 2 amide bonds. The first-order valence-corrected chi connectivity index (χ1v) is 12.4. The molecule has 2 rings (SSSR count). The van der Waals surface area contributed by atoms with Gasteiger partial charge in [0.1, 0.15) is 24.2 Å². The van der Waals surface area contributed by atoms with Crippen molar-refractivity contribution in [3.63, 3.8) is 0 Å². The van der Waals surface area contributed by atoms with Crippen LogP contribution in [0.1, 0.15) is 59.3 Å². The van der Waals surface area contributed by atoms with E-state index in [1.807, 2.05) is 6.08 Å². The number of alkyl halides is 1. The Morgan fingerprint density at radius 1 is 1.22 bits per heavy atom. The van der Waals surface area contributed by atoms with Gasteiger partial charge in [0.05, 0.1) is 12.0 Å². The van der Waals surface area contributed by atoms with E-state index in [2.05, 4.69) is 5.32 Å². The molecule has 0 spiro atoms. The number of hydrogen-bond acceptors (Lipinski definition) is 7. The number of amides is 2. The SMILES string of the molecule is CO[C@H]1C=CCCC=CC(=O)O[C@H]([C@H](C)C(=O)C[C@H](O)CC2CC(=O)NC(=O)C2)C(C)=C[C@@H](C)[C@@H]1F. The lowest BCUT2D eigenvalue weighted by atomic mass is 9.85. The number of ether oxygens (including phenoxy) is 2. The number of esters is 1. The Kier molecular flexibility index (Phi) is 11.7. The second kappa shape index (κ2) is 14.2. The van der Waals surface area contributed by atoms with Gasteiger partial charge in [0.15, 0.2) is 0 Å². The first-order chi connectivity index (χ1) is 17.0. The Morgan fingerprint density at radius 2 is 1.86 bits per heavy atom. The molecule has 1 saturated heterocycles. The van der Waals surface area contributed by atoms with Gasteiger partial charge in [0.25, 0.3) is 0 Å². The number of aliphatic hydroxyl groups excluding tert-OH is 1. The molecule has 36 heavy (non-hydrogen) atoms. The van der Waals surface area contributed by atoms with Crippen molar-refractivity contribution in [2.75, 3.05) is 7.11 Å². The molecule has 0 aromatic carbocycles. The summed E-state index contributed by atoms with van der Waals surface area (Å²) in [5.41, 5.74) is 0.521. The number of halogens is 1. The van der Waals surface area contributed by atoms with Crippen LogP contribution in [0.4, 0.5) is 4.39 Å². The second-order valence-electron chi connectivity index (χ2n) is 9.77. The second-order valence-corrected chi connectivity index (χ2v) is 9.77. The third kappa shape index (κ3) is 9.09. The van der Waals surface area contributed by atoms with Crippen molar-refractivity contribution < 1.29 is 38.1 Å². The van der Waals surface area contributed by atoms with Crippen LogP contribution in [-0.4, -0.2) is 60.3 Å². The lowest BCUT2D eigenvalue weighted by Gasteiger charge is -2.27. The minimum absolute atomic E-state index is 0.112. The fourth-order valence-electron chi connectivity index (χ4n) is 4.65. The summed E-state index contributed by atoms with van der Waals surface area (Å²) in [5.74, 6) is -3.46. The highest BCUT2D eigenvalue weighted by molar-refractivity contribution is 5.97. The molecular weight excluding hydrogens is 469 g/mol. The van der Waals surface area contributed by atoms with Gasteiger partial charge in [-0.1, -0.05) is 38.2 Å². The lowest BCUT2D eigenvalue weighted by Crippen LogP contribution is -2.40. The smallest absolute Gasteiger partial charge is 0.331 e. The van der Waals surface area contributed by atoms with Crippen molar-refractivity contribution in [3.8, 4) is 0 Å². The van der Waals surface area contributed by atoms with E-state index in [-0.39, 0.29) is 37.4 Å². The number of Topliss-reactive ketones (excluding diaryl/α,β-unsaturated/α-hetero) is 1. The Bertz CT molecular complexity index is 881. The number of cyclic esters (lactones) is 1. The van der Waals surface area contributed by atoms with E-state index in [4.69, 9.17) is 9.47 Å². The van der Waals surface area contributed by atoms with Gasteiger partial charge < -0.3 is 14.6 Å². The molecule has 0 saturated carbocycles. The van der Waals surface area contributed by atoms with Crippen LogP contribution in [0.25, 0.3) is 0 Å². The number of nitrogens with one attached hydrogen (secondary N) is 1. The number of piperidine rings is 1. The van der Waals surface area contributed by atoms with Crippen molar-refractivity contribution >= 4 is 23.6 Å². The van der Waals surface area contributed by atoms with Gasteiger partial charge >= 0.3 is 5.97 Å². The number of methoxy groups -OCH3 is 1. The molecule has 0 aliphatic carbocycles. The van der Waals surface area contributed by atoms with E-state index >= 15 is 4.39 Å². The molecule has 200 valence electrons. The van der Waals surface area contributed by atoms with Crippen LogP contribution >= 0.6 is 0 Å². The highest BCUT2D eigenvalue weighted by Gasteiger charge is 2.33. The molecule has 0 bridgehead atoms. The molecule has 2 heterocycles. The molecule has 0 radical (unpaired) electrons. The zero-order valence-electron chi connectivity index (χ0n) is 21.4. The highest BCUT2D eigenvalue weighted by atomic mass is 19.1. The normalized spacial score (nSPS) is 28.5. The summed E-state index contributed by atoms with van der Waals surface area (Å²) in [6.45, 7) is 4.98. The standard InChI is InChI=1S/C27H38FNO7/c1-16-11-17(2)27(36-25(34)10-8-6-5-7-9-22(35-4)26(16)28)18(3)21(31)15-20(30)12-19-13-23(32)29-24(33)14-19/h7-11,16,18-20,22,26-27,30H,5-6,12-15H2,1-4H3,(H,29,32,33)/t16-,18-,20-,22+,26+,27+/m1/s1. The molecular formula is C27H38FNO7. The molecule has 2 N–H and O–H groups in total. The van der Waals surface area contributed by atoms with Gasteiger partial charge in [-0.25, -0.2) is 9.18 Å². The molecule has 0 unspecified atom stereocenters. The average molecular weight is 508 g/mol. The highest BCUT2D eigenvalue weighted by Crippen LogP contribution is 2.26. The molecule has 8 nitrogen and oxygen atoms in total. The van der Waals surface area contributed by atoms with Gasteiger partial charge in [-0.15, -0.1) is 0 Å². The number of aliphatic hydroxyl groups is 1. The summed E-state index contributed by atoms with van der Waals surface area (Å²) in [4.78, 5) is 48.7. The lowest BCUT2D eigenvalue weighted by molar-refractivity contribution is -0.145. The number of hydrogen-bond donors (Lipinski definition) is 2. The zero-order chi connectivity index (χ0) is 26.8. The predicted molar refractivity (Wildman–Crippen MR) is 131 cm³/mol. The molecule has 9 heteroatoms. The summed E-state index contributed by atoms with van der Waals surface area (Å²) in [7, 11) is 1.44. The van der Waals surface area contributed by atoms with Crippen molar-refractivity contribution in [1.29, 1.82) is 0 Å². The Labute approximate surface area is 212 Å². The summed E-state index contributed by atoms with van der Waals surface area (Å²) < 4.78 is 26.0. The number of imide groups is 1. The fraction of sp³-hybridized carbons (Fsp3) is 0.630. The Hall–Kier alpha value is -2.65. The maximum absolute atomic E-state index is 15.1. The number of carbonyl (C=O) groups is 4. The predicted octanol–water partition coefficient (Wildman–Crippen LogP) is 3.14. The van der Waals surface area contributed by atoms with Crippen LogP contribution in [0.15, 0.2) is 36.0 Å². The van der Waals surface area contributed by atoms with Crippen molar-refractivity contribution in [1.82, 2.24) is 5.32 Å². The molecule has 2 aliphatic heterocycles. The minimum atomic E-state index is -1.35. The monoisotopic (exact) mass is 507 g/mol. The summed E-state index contributed by atoms with van der Waals surface area (Å²) in [5, 5.41) is 12.7. The third-order valence-corrected chi connectivity index (χ3v) is 6.62. The fourth-order valence-corrected chi connectivity index (χ4v) is 4.65. The maximum atomic E-state index is 15.1. The van der Waals surface area contributed by atoms with E-state index in [1.165, 1.54) is 13.2 Å². The van der Waals surface area contributed by atoms with Gasteiger partial charge in [-0.3, -0.25) is 19.7 Å². The van der Waals surface area contributed by atoms with Crippen molar-refractivity contribution in [2.45, 2.75) is 83.8 Å². The van der Waals surface area contributed by atoms with E-state index in [1.54, 1.807) is 39.0 Å². The molecule has 0 aromatic heterocycles. The number of carbonyl (C=O) groups excluding carboxylic acids is 4. The van der Waals surface area contributed by atoms with Crippen molar-refractivity contribution in [2.24, 2.45) is 17.8 Å². The van der Waals surface area contributed by atoms with Crippen LogP contribution in [0.5, 0.6) is 0 Å². The Morgan fingerprint density at radius 3 is 2.50 bits per heavy atom. The van der Waals surface area contributed by atoms with Gasteiger partial charge in [-0.05, 0) is 37.7 Å². The summed E-state index contributed by atoms with van der Waals surface area (Å²) in [6, 6.07) is 0. The quantitative estimate of drug-likeness (QED) is 0.309. The minimum Gasteiger partial charge on any atom is -0.454 e.